The summed E-state index contributed by atoms with van der Waals surface area (Å²) in [6.07, 6.45) is 0.305. The number of carboxylic acid groups (broad SMARTS) is 1. The van der Waals surface area contributed by atoms with E-state index in [0.29, 0.717) is 23.1 Å². The molecule has 32 heavy (non-hydrogen) atoms. The Morgan fingerprint density at radius 2 is 1.78 bits per heavy atom. The molecule has 0 N–H and O–H groups in total. The summed E-state index contributed by atoms with van der Waals surface area (Å²) in [6, 6.07) is 10.7. The van der Waals surface area contributed by atoms with Crippen molar-refractivity contribution in [1.82, 2.24) is 9.47 Å². The number of fused-ring (bicyclic) bond motifs is 1. The van der Waals surface area contributed by atoms with Crippen LogP contribution in [0.2, 0.25) is 0 Å². The Hall–Kier alpha value is -2.06. The van der Waals surface area contributed by atoms with Crippen LogP contribution in [0.5, 0.6) is 0 Å². The summed E-state index contributed by atoms with van der Waals surface area (Å²) in [5, 5.41) is 11.9. The van der Waals surface area contributed by atoms with Crippen LogP contribution in [0.4, 0.5) is 8.78 Å². The Balaban J connectivity index is 0.00000363. The number of rotatable bonds is 9. The Morgan fingerprint density at radius 3 is 2.44 bits per heavy atom. The monoisotopic (exact) mass is 450 g/mol. The minimum Gasteiger partial charge on any atom is -0.548 e. The average Bonchev–Trinajstić information content (AvgIpc) is 2.75. The van der Waals surface area contributed by atoms with Gasteiger partial charge in [-0.25, -0.2) is 8.78 Å². The minimum atomic E-state index is -1.29. The number of carbonyl (C=O) groups excluding carboxylic acids is 1. The molecule has 0 saturated heterocycles. The third-order valence-corrected chi connectivity index (χ3v) is 5.53. The molecule has 0 fully saturated rings. The maximum Gasteiger partial charge on any atom is 1.00 e. The smallest absolute Gasteiger partial charge is 0.548 e. The molecule has 2 aromatic carbocycles. The van der Waals surface area contributed by atoms with E-state index in [1.54, 1.807) is 6.07 Å². The van der Waals surface area contributed by atoms with Crippen LogP contribution >= 0.6 is 0 Å². The van der Waals surface area contributed by atoms with Gasteiger partial charge in [0.15, 0.2) is 17.1 Å². The van der Waals surface area contributed by atoms with Gasteiger partial charge in [-0.05, 0) is 55.3 Å². The molecule has 0 bridgehead atoms. The van der Waals surface area contributed by atoms with Gasteiger partial charge in [0.05, 0.1) is 18.0 Å². The number of aryl methyl sites for hydroxylation is 2. The van der Waals surface area contributed by atoms with Crippen molar-refractivity contribution < 1.29 is 48.2 Å². The minimum absolute atomic E-state index is 0. The van der Waals surface area contributed by atoms with Gasteiger partial charge in [-0.2, -0.15) is 0 Å². The number of aromatic nitrogens is 1. The summed E-state index contributed by atoms with van der Waals surface area (Å²) >= 11 is 0. The molecular formula is C24H25F2N2NaO3. The fourth-order valence-corrected chi connectivity index (χ4v) is 3.80. The molecule has 5 nitrogen and oxygen atoms in total. The quantitative estimate of drug-likeness (QED) is 0.419. The van der Waals surface area contributed by atoms with E-state index in [0.717, 1.165) is 24.7 Å². The summed E-state index contributed by atoms with van der Waals surface area (Å²) < 4.78 is 29.1. The molecular weight excluding hydrogens is 425 g/mol. The van der Waals surface area contributed by atoms with E-state index in [1.165, 1.54) is 22.8 Å². The molecule has 1 aromatic heterocycles. The molecule has 0 aliphatic rings. The van der Waals surface area contributed by atoms with Crippen molar-refractivity contribution in [3.8, 4) is 0 Å². The Labute approximate surface area is 208 Å². The summed E-state index contributed by atoms with van der Waals surface area (Å²) in [5.41, 5.74) is 1.81. The van der Waals surface area contributed by atoms with Gasteiger partial charge in [0.25, 0.3) is 0 Å². The van der Waals surface area contributed by atoms with Crippen LogP contribution in [0.15, 0.2) is 47.3 Å². The van der Waals surface area contributed by atoms with Crippen molar-refractivity contribution in [2.45, 2.75) is 39.8 Å². The molecule has 0 aliphatic heterocycles. The first-order chi connectivity index (χ1) is 14.8. The van der Waals surface area contributed by atoms with E-state index in [4.69, 9.17) is 0 Å². The SMILES string of the molecule is CCN(CC)Cc1ccc2c(=O)cc(CCc3cccc(F)c3F)n(CC(=O)[O-])c2c1.[Na+]. The maximum atomic E-state index is 14.0. The van der Waals surface area contributed by atoms with Crippen molar-refractivity contribution >= 4 is 16.9 Å². The maximum absolute atomic E-state index is 14.0. The van der Waals surface area contributed by atoms with E-state index in [2.05, 4.69) is 18.7 Å². The van der Waals surface area contributed by atoms with E-state index < -0.39 is 24.1 Å². The normalized spacial score (nSPS) is 11.0. The van der Waals surface area contributed by atoms with E-state index in [9.17, 15) is 23.5 Å². The predicted octanol–water partition coefficient (Wildman–Crippen LogP) is -0.339. The first-order valence-electron chi connectivity index (χ1n) is 10.3. The van der Waals surface area contributed by atoms with Crippen LogP contribution in [0, 0.1) is 11.6 Å². The summed E-state index contributed by atoms with van der Waals surface area (Å²) in [4.78, 5) is 26.4. The molecule has 0 saturated carbocycles. The van der Waals surface area contributed by atoms with Crippen molar-refractivity contribution in [3.63, 3.8) is 0 Å². The van der Waals surface area contributed by atoms with Gasteiger partial charge in [-0.3, -0.25) is 9.69 Å². The summed E-state index contributed by atoms with van der Waals surface area (Å²) in [7, 11) is 0. The number of hydrogen-bond donors (Lipinski definition) is 0. The largest absolute Gasteiger partial charge is 1.00 e. The van der Waals surface area contributed by atoms with Gasteiger partial charge in [0.2, 0.25) is 0 Å². The number of aliphatic carboxylic acids is 1. The second kappa shape index (κ2) is 11.7. The van der Waals surface area contributed by atoms with Gasteiger partial charge >= 0.3 is 29.6 Å². The molecule has 0 atom stereocenters. The number of hydrogen-bond acceptors (Lipinski definition) is 4. The van der Waals surface area contributed by atoms with Crippen LogP contribution < -0.4 is 40.1 Å². The van der Waals surface area contributed by atoms with Crippen molar-refractivity contribution in [2.75, 3.05) is 13.1 Å². The summed E-state index contributed by atoms with van der Waals surface area (Å²) in [6.45, 7) is 6.06. The first-order valence-corrected chi connectivity index (χ1v) is 10.3. The average molecular weight is 450 g/mol. The van der Waals surface area contributed by atoms with Crippen LogP contribution in [-0.4, -0.2) is 28.5 Å². The number of nitrogens with zero attached hydrogens (tertiary/aromatic N) is 2. The molecule has 0 spiro atoms. The summed E-state index contributed by atoms with van der Waals surface area (Å²) in [5.74, 6) is -3.17. The van der Waals surface area contributed by atoms with Gasteiger partial charge in [0, 0.05) is 23.7 Å². The molecule has 0 aliphatic carbocycles. The predicted molar refractivity (Wildman–Crippen MR) is 114 cm³/mol. The standard InChI is InChI=1S/C24H26F2N2O3.Na/c1-3-27(4-2)14-16-8-11-19-21(12-16)28(15-23(30)31)18(13-22(19)29)10-9-17-6-5-7-20(25)24(17)26;/h5-8,11-13H,3-4,9-10,14-15H2,1-2H3,(H,30,31);/q;+1/p-1. The number of halogens is 2. The van der Waals surface area contributed by atoms with Crippen LogP contribution in [0.1, 0.15) is 30.7 Å². The zero-order chi connectivity index (χ0) is 22.5. The fraction of sp³-hybridized carbons (Fsp3) is 0.333. The Kier molecular flexibility index (Phi) is 9.58. The van der Waals surface area contributed by atoms with Crippen LogP contribution in [0.3, 0.4) is 0 Å². The molecule has 1 heterocycles. The molecule has 3 aromatic rings. The van der Waals surface area contributed by atoms with E-state index in [1.807, 2.05) is 12.1 Å². The van der Waals surface area contributed by atoms with Crippen LogP contribution in [-0.2, 0) is 30.7 Å². The Bertz CT molecular complexity index is 1160. The van der Waals surface area contributed by atoms with Gasteiger partial charge in [-0.1, -0.05) is 32.0 Å². The van der Waals surface area contributed by atoms with Crippen molar-refractivity contribution in [2.24, 2.45) is 0 Å². The Morgan fingerprint density at radius 1 is 1.06 bits per heavy atom. The van der Waals surface area contributed by atoms with Crippen molar-refractivity contribution in [1.29, 1.82) is 0 Å². The van der Waals surface area contributed by atoms with Gasteiger partial charge in [0.1, 0.15) is 0 Å². The number of carboxylic acids is 1. The van der Waals surface area contributed by atoms with Gasteiger partial charge < -0.3 is 14.5 Å². The van der Waals surface area contributed by atoms with Crippen molar-refractivity contribution in [3.05, 3.63) is 81.1 Å². The first kappa shape index (κ1) is 26.2. The zero-order valence-electron chi connectivity index (χ0n) is 18.7. The van der Waals surface area contributed by atoms with E-state index in [-0.39, 0.29) is 53.4 Å². The fourth-order valence-electron chi connectivity index (χ4n) is 3.80. The third kappa shape index (κ3) is 6.04. The molecule has 0 amide bonds. The molecule has 3 rings (SSSR count). The second-order valence-electron chi connectivity index (χ2n) is 7.48. The molecule has 164 valence electrons. The second-order valence-corrected chi connectivity index (χ2v) is 7.48. The molecule has 0 radical (unpaired) electrons. The van der Waals surface area contributed by atoms with Gasteiger partial charge in [-0.15, -0.1) is 0 Å². The number of carbonyl (C=O) groups is 1. The molecule has 0 unspecified atom stereocenters. The topological polar surface area (TPSA) is 65.4 Å². The molecule has 8 heteroatoms. The number of benzene rings is 2. The third-order valence-electron chi connectivity index (χ3n) is 5.53. The number of pyridine rings is 1. The zero-order valence-corrected chi connectivity index (χ0v) is 20.7. The van der Waals surface area contributed by atoms with Crippen LogP contribution in [0.25, 0.3) is 10.9 Å². The van der Waals surface area contributed by atoms with E-state index >= 15 is 0 Å².